The number of carbonyl (C=O) groups is 3. The number of amides is 3. The summed E-state index contributed by atoms with van der Waals surface area (Å²) in [5, 5.41) is 3.11. The van der Waals surface area contributed by atoms with E-state index in [1.165, 1.54) is 27.3 Å². The quantitative estimate of drug-likeness (QED) is 0.219. The van der Waals surface area contributed by atoms with Gasteiger partial charge in [-0.2, -0.15) is 0 Å². The number of thiazole rings is 1. The van der Waals surface area contributed by atoms with Crippen LogP contribution in [0.5, 0.6) is 0 Å². The molecule has 3 heterocycles. The molecule has 0 radical (unpaired) electrons. The number of carbonyl (C=O) groups excluding carboxylic acids is 3. The summed E-state index contributed by atoms with van der Waals surface area (Å²) in [4.78, 5) is 55.6. The van der Waals surface area contributed by atoms with Gasteiger partial charge in [0, 0.05) is 25.4 Å². The Morgan fingerprint density at radius 3 is 2.37 bits per heavy atom. The number of halogens is 4. The molecule has 3 amide bonds. The molecular formula is C28H17Br2Cl2N3O4S2. The Kier molecular flexibility index (Phi) is 7.94. The Morgan fingerprint density at radius 1 is 0.902 bits per heavy atom. The molecule has 3 aromatic carbocycles. The van der Waals surface area contributed by atoms with Crippen LogP contribution in [0.1, 0.15) is 16.4 Å². The lowest BCUT2D eigenvalue weighted by atomic mass is 9.83. The number of nitrogens with zero attached hydrogens (tertiary/aromatic N) is 2. The Bertz CT molecular complexity index is 1790. The fourth-order valence-corrected chi connectivity index (χ4v) is 8.83. The molecule has 4 aromatic rings. The molecule has 3 unspecified atom stereocenters. The van der Waals surface area contributed by atoms with E-state index in [-0.39, 0.29) is 28.3 Å². The van der Waals surface area contributed by atoms with Gasteiger partial charge in [-0.25, -0.2) is 4.90 Å². The molecule has 1 saturated heterocycles. The summed E-state index contributed by atoms with van der Waals surface area (Å²) in [6.45, 7) is -0.279. The van der Waals surface area contributed by atoms with Gasteiger partial charge in [0.2, 0.25) is 17.7 Å². The molecule has 0 bridgehead atoms. The zero-order valence-electron chi connectivity index (χ0n) is 20.6. The first kappa shape index (κ1) is 28.7. The predicted octanol–water partition coefficient (Wildman–Crippen LogP) is 7.18. The molecule has 1 aromatic heterocycles. The second kappa shape index (κ2) is 11.3. The lowest BCUT2D eigenvalue weighted by Crippen LogP contribution is -2.33. The summed E-state index contributed by atoms with van der Waals surface area (Å²) in [6, 6.07) is 19.2. The highest BCUT2D eigenvalue weighted by atomic mass is 79.9. The fraction of sp³-hybridized carbons (Fsp3) is 0.143. The van der Waals surface area contributed by atoms with Gasteiger partial charge in [-0.1, -0.05) is 90.3 Å². The van der Waals surface area contributed by atoms with Crippen molar-refractivity contribution < 1.29 is 14.4 Å². The molecule has 7 nitrogen and oxygen atoms in total. The zero-order valence-corrected chi connectivity index (χ0v) is 27.0. The van der Waals surface area contributed by atoms with E-state index < -0.39 is 23.0 Å². The summed E-state index contributed by atoms with van der Waals surface area (Å²) >= 11 is 21.1. The normalized spacial score (nSPS) is 19.7. The van der Waals surface area contributed by atoms with Crippen LogP contribution in [-0.4, -0.2) is 27.5 Å². The number of anilines is 2. The van der Waals surface area contributed by atoms with Gasteiger partial charge in [0.1, 0.15) is 11.8 Å². The maximum atomic E-state index is 13.9. The van der Waals surface area contributed by atoms with Crippen molar-refractivity contribution in [2.45, 2.75) is 22.7 Å². The molecule has 1 N–H and O–H groups in total. The SMILES string of the molecule is O=C(Cn1c2c(sc1=O)C(c1cccc(Br)c1)C1C(=O)N(c3ccc(Br)cc3)C(=O)C1S2)Nc1ccc(Cl)c(Cl)c1. The first-order chi connectivity index (χ1) is 19.6. The molecule has 2 aliphatic rings. The third kappa shape index (κ3) is 5.32. The summed E-state index contributed by atoms with van der Waals surface area (Å²) in [5.41, 5.74) is 1.71. The lowest BCUT2D eigenvalue weighted by molar-refractivity contribution is -0.122. The minimum Gasteiger partial charge on any atom is -0.324 e. The van der Waals surface area contributed by atoms with Crippen LogP contribution in [0.4, 0.5) is 11.4 Å². The monoisotopic (exact) mass is 751 g/mol. The molecule has 2 aliphatic heterocycles. The average molecular weight is 754 g/mol. The van der Waals surface area contributed by atoms with Crippen LogP contribution in [0.25, 0.3) is 0 Å². The van der Waals surface area contributed by atoms with Crippen molar-refractivity contribution in [2.75, 3.05) is 10.2 Å². The van der Waals surface area contributed by atoms with Gasteiger partial charge in [0.25, 0.3) is 0 Å². The summed E-state index contributed by atoms with van der Waals surface area (Å²) in [7, 11) is 0. The van der Waals surface area contributed by atoms with Crippen molar-refractivity contribution >= 4 is 107 Å². The van der Waals surface area contributed by atoms with Gasteiger partial charge >= 0.3 is 4.87 Å². The van der Waals surface area contributed by atoms with Crippen LogP contribution in [0, 0.1) is 5.92 Å². The molecular weight excluding hydrogens is 737 g/mol. The van der Waals surface area contributed by atoms with E-state index in [2.05, 4.69) is 37.2 Å². The number of nitrogens with one attached hydrogen (secondary N) is 1. The number of hydrogen-bond acceptors (Lipinski definition) is 6. The van der Waals surface area contributed by atoms with E-state index in [0.29, 0.717) is 26.3 Å². The van der Waals surface area contributed by atoms with Crippen molar-refractivity contribution in [1.82, 2.24) is 4.57 Å². The van der Waals surface area contributed by atoms with Gasteiger partial charge in [-0.15, -0.1) is 0 Å². The van der Waals surface area contributed by atoms with E-state index in [9.17, 15) is 19.2 Å². The number of rotatable bonds is 5. The molecule has 13 heteroatoms. The molecule has 208 valence electrons. The van der Waals surface area contributed by atoms with Gasteiger partial charge in [0.15, 0.2) is 0 Å². The number of hydrogen-bond donors (Lipinski definition) is 1. The molecule has 3 atom stereocenters. The van der Waals surface area contributed by atoms with Gasteiger partial charge < -0.3 is 5.32 Å². The van der Waals surface area contributed by atoms with E-state index in [0.717, 1.165) is 25.8 Å². The van der Waals surface area contributed by atoms with Gasteiger partial charge in [-0.3, -0.25) is 23.7 Å². The Hall–Kier alpha value is -2.41. The van der Waals surface area contributed by atoms with Crippen LogP contribution < -0.4 is 15.1 Å². The van der Waals surface area contributed by atoms with E-state index in [1.807, 2.05) is 24.3 Å². The summed E-state index contributed by atoms with van der Waals surface area (Å²) in [5.74, 6) is -2.41. The number of benzene rings is 3. The topological polar surface area (TPSA) is 88.5 Å². The average Bonchev–Trinajstić information content (AvgIpc) is 3.37. The van der Waals surface area contributed by atoms with Crippen LogP contribution >= 0.6 is 78.2 Å². The first-order valence-electron chi connectivity index (χ1n) is 12.2. The maximum Gasteiger partial charge on any atom is 0.308 e. The number of imide groups is 1. The van der Waals surface area contributed by atoms with E-state index in [1.54, 1.807) is 36.4 Å². The predicted molar refractivity (Wildman–Crippen MR) is 169 cm³/mol. The van der Waals surface area contributed by atoms with Crippen molar-refractivity contribution in [3.63, 3.8) is 0 Å². The number of thioether (sulfide) groups is 1. The maximum absolute atomic E-state index is 13.9. The van der Waals surface area contributed by atoms with Crippen molar-refractivity contribution in [2.24, 2.45) is 5.92 Å². The highest BCUT2D eigenvalue weighted by Gasteiger charge is 2.56. The summed E-state index contributed by atoms with van der Waals surface area (Å²) < 4.78 is 3.00. The minimum absolute atomic E-state index is 0.279. The second-order valence-corrected chi connectivity index (χ2v) is 14.2. The Labute approximate surface area is 269 Å². The van der Waals surface area contributed by atoms with Crippen molar-refractivity contribution in [3.8, 4) is 0 Å². The van der Waals surface area contributed by atoms with Crippen LogP contribution in [-0.2, 0) is 20.9 Å². The van der Waals surface area contributed by atoms with Crippen LogP contribution in [0.3, 0.4) is 0 Å². The van der Waals surface area contributed by atoms with Crippen molar-refractivity contribution in [3.05, 3.63) is 106 Å². The molecule has 0 saturated carbocycles. The van der Waals surface area contributed by atoms with Gasteiger partial charge in [-0.05, 0) is 60.2 Å². The van der Waals surface area contributed by atoms with Crippen LogP contribution in [0.2, 0.25) is 10.0 Å². The standard InChI is InChI=1S/C28H17Br2Cl2N3O4S2/c29-14-4-7-17(8-5-14)35-25(37)22-21(13-2-1-3-15(30)10-13)24-27(40-23(22)26(35)38)34(28(39)41-24)12-20(36)33-16-6-9-18(31)19(32)11-16/h1-11,21-23H,12H2,(H,33,36). The highest BCUT2D eigenvalue weighted by Crippen LogP contribution is 2.54. The molecule has 41 heavy (non-hydrogen) atoms. The zero-order chi connectivity index (χ0) is 29.0. The van der Waals surface area contributed by atoms with Gasteiger partial charge in [0.05, 0.1) is 26.7 Å². The summed E-state index contributed by atoms with van der Waals surface area (Å²) in [6.07, 6.45) is 0. The van der Waals surface area contributed by atoms with Crippen molar-refractivity contribution in [1.29, 1.82) is 0 Å². The molecule has 0 spiro atoms. The number of aromatic nitrogens is 1. The minimum atomic E-state index is -0.777. The molecule has 6 rings (SSSR count). The smallest absolute Gasteiger partial charge is 0.308 e. The third-order valence-electron chi connectivity index (χ3n) is 6.85. The Balaban J connectivity index is 1.40. The largest absolute Gasteiger partial charge is 0.324 e. The fourth-order valence-electron chi connectivity index (χ4n) is 5.08. The second-order valence-electron chi connectivity index (χ2n) is 9.39. The Morgan fingerprint density at radius 2 is 1.66 bits per heavy atom. The van der Waals surface area contributed by atoms with Crippen LogP contribution in [0.15, 0.2) is 85.5 Å². The highest BCUT2D eigenvalue weighted by molar-refractivity contribution is 9.10. The van der Waals surface area contributed by atoms with E-state index >= 15 is 0 Å². The first-order valence-corrected chi connectivity index (χ1v) is 16.2. The lowest BCUT2D eigenvalue weighted by Gasteiger charge is -2.30. The van der Waals surface area contributed by atoms with E-state index in [4.69, 9.17) is 23.2 Å². The number of fused-ring (bicyclic) bond motifs is 2. The third-order valence-corrected chi connectivity index (χ3v) is 11.2. The molecule has 1 fully saturated rings. The molecule has 0 aliphatic carbocycles.